The molecule has 0 amide bonds. The van der Waals surface area contributed by atoms with Gasteiger partial charge in [-0.25, -0.2) is 4.98 Å². The number of nitriles is 1. The third-order valence-corrected chi connectivity index (χ3v) is 4.04. The van der Waals surface area contributed by atoms with Gasteiger partial charge in [0.2, 0.25) is 5.95 Å². The van der Waals surface area contributed by atoms with Gasteiger partial charge in [0.05, 0.1) is 42.6 Å². The summed E-state index contributed by atoms with van der Waals surface area (Å²) in [6.07, 6.45) is 1.65. The van der Waals surface area contributed by atoms with Crippen molar-refractivity contribution in [2.24, 2.45) is 0 Å². The number of morpholine rings is 1. The molecular formula is C16H21N7O. The summed E-state index contributed by atoms with van der Waals surface area (Å²) in [6.45, 7) is 7.87. The van der Waals surface area contributed by atoms with Gasteiger partial charge < -0.3 is 15.0 Å². The first-order valence-corrected chi connectivity index (χ1v) is 7.91. The van der Waals surface area contributed by atoms with Gasteiger partial charge in [-0.05, 0) is 20.8 Å². The molecule has 24 heavy (non-hydrogen) atoms. The Morgan fingerprint density at radius 2 is 2.29 bits per heavy atom. The first kappa shape index (κ1) is 16.2. The van der Waals surface area contributed by atoms with Crippen molar-refractivity contribution in [2.45, 2.75) is 32.2 Å². The normalized spacial score (nSPS) is 18.2. The van der Waals surface area contributed by atoms with E-state index in [0.717, 1.165) is 12.4 Å². The molecule has 2 aromatic rings. The van der Waals surface area contributed by atoms with Crippen LogP contribution >= 0.6 is 0 Å². The number of nitrogens with zero attached hydrogens (tertiary/aromatic N) is 5. The van der Waals surface area contributed by atoms with Gasteiger partial charge in [-0.2, -0.15) is 15.3 Å². The minimum absolute atomic E-state index is 0.215. The highest BCUT2D eigenvalue weighted by atomic mass is 16.5. The molecule has 1 atom stereocenters. The van der Waals surface area contributed by atoms with Crippen LogP contribution in [0.15, 0.2) is 18.3 Å². The number of hydrogen-bond donors (Lipinski definition) is 2. The first-order valence-electron chi connectivity index (χ1n) is 7.91. The highest BCUT2D eigenvalue weighted by Crippen LogP contribution is 2.27. The van der Waals surface area contributed by atoms with Crippen molar-refractivity contribution in [1.29, 1.82) is 5.26 Å². The Balaban J connectivity index is 2.01. The summed E-state index contributed by atoms with van der Waals surface area (Å²) in [7, 11) is 0. The highest BCUT2D eigenvalue weighted by molar-refractivity contribution is 5.53. The van der Waals surface area contributed by atoms with Crippen molar-refractivity contribution < 1.29 is 4.74 Å². The number of ether oxygens (including phenoxy) is 1. The minimum Gasteiger partial charge on any atom is -0.377 e. The number of rotatable bonds is 4. The average molecular weight is 327 g/mol. The van der Waals surface area contributed by atoms with Crippen LogP contribution in [-0.4, -0.2) is 46.0 Å². The smallest absolute Gasteiger partial charge is 0.230 e. The van der Waals surface area contributed by atoms with Gasteiger partial charge in [0, 0.05) is 18.7 Å². The molecule has 126 valence electrons. The predicted octanol–water partition coefficient (Wildman–Crippen LogP) is 1.97. The van der Waals surface area contributed by atoms with E-state index < -0.39 is 5.41 Å². The first-order chi connectivity index (χ1) is 11.5. The number of hydrogen-bond acceptors (Lipinski definition) is 7. The Morgan fingerprint density at radius 1 is 1.46 bits per heavy atom. The van der Waals surface area contributed by atoms with E-state index in [4.69, 9.17) is 4.74 Å². The van der Waals surface area contributed by atoms with E-state index in [0.29, 0.717) is 30.7 Å². The zero-order valence-electron chi connectivity index (χ0n) is 14.1. The maximum atomic E-state index is 9.47. The van der Waals surface area contributed by atoms with E-state index >= 15 is 0 Å². The van der Waals surface area contributed by atoms with E-state index in [2.05, 4.69) is 43.4 Å². The Hall–Kier alpha value is -2.66. The molecule has 0 aliphatic carbocycles. The van der Waals surface area contributed by atoms with E-state index in [1.807, 2.05) is 19.9 Å². The summed E-state index contributed by atoms with van der Waals surface area (Å²) in [5, 5.41) is 19.3. The quantitative estimate of drug-likeness (QED) is 0.885. The second kappa shape index (κ2) is 6.45. The Bertz CT molecular complexity index is 735. The van der Waals surface area contributed by atoms with Crippen LogP contribution in [0, 0.1) is 11.3 Å². The molecule has 2 aromatic heterocycles. The van der Waals surface area contributed by atoms with Crippen LogP contribution in [-0.2, 0) is 10.2 Å². The van der Waals surface area contributed by atoms with Crippen LogP contribution in [0.2, 0.25) is 0 Å². The number of nitrogens with one attached hydrogen (secondary N) is 2. The lowest BCUT2D eigenvalue weighted by Crippen LogP contribution is -2.44. The van der Waals surface area contributed by atoms with Gasteiger partial charge in [0.25, 0.3) is 0 Å². The van der Waals surface area contributed by atoms with Crippen LogP contribution in [0.1, 0.15) is 26.5 Å². The van der Waals surface area contributed by atoms with Crippen molar-refractivity contribution >= 4 is 17.6 Å². The van der Waals surface area contributed by atoms with Crippen LogP contribution < -0.4 is 10.2 Å². The van der Waals surface area contributed by atoms with Crippen LogP contribution in [0.5, 0.6) is 0 Å². The van der Waals surface area contributed by atoms with E-state index in [9.17, 15) is 5.26 Å². The third-order valence-electron chi connectivity index (χ3n) is 4.04. The standard InChI is InChI=1S/C16H21N7O/c1-11-9-24-7-6-23(11)14-8-12(16(2,3)10-17)19-15(21-14)20-13-4-5-18-22-13/h4-5,8,11H,6-7,9H2,1-3H3,(H2,18,19,20,21,22)/t11-/m1/s1. The fourth-order valence-corrected chi connectivity index (χ4v) is 2.53. The fraction of sp³-hybridized carbons (Fsp3) is 0.500. The number of H-pyrrole nitrogens is 1. The van der Waals surface area contributed by atoms with Crippen molar-refractivity contribution in [3.63, 3.8) is 0 Å². The zero-order valence-corrected chi connectivity index (χ0v) is 14.1. The molecule has 3 rings (SSSR count). The number of aromatic nitrogens is 4. The van der Waals surface area contributed by atoms with Gasteiger partial charge in [0.1, 0.15) is 11.6 Å². The molecule has 0 saturated carbocycles. The molecule has 1 fully saturated rings. The summed E-state index contributed by atoms with van der Waals surface area (Å²) in [5.74, 6) is 1.93. The molecule has 0 radical (unpaired) electrons. The molecule has 1 saturated heterocycles. The number of anilines is 3. The molecule has 0 bridgehead atoms. The number of aromatic amines is 1. The molecule has 2 N–H and O–H groups in total. The third kappa shape index (κ3) is 3.31. The maximum Gasteiger partial charge on any atom is 0.230 e. The van der Waals surface area contributed by atoms with Crippen molar-refractivity contribution in [2.75, 3.05) is 30.0 Å². The van der Waals surface area contributed by atoms with Crippen LogP contribution in [0.25, 0.3) is 0 Å². The molecule has 1 aliphatic rings. The van der Waals surface area contributed by atoms with Gasteiger partial charge in [-0.15, -0.1) is 0 Å². The average Bonchev–Trinajstić information content (AvgIpc) is 3.08. The SMILES string of the molecule is C[C@@H]1COCCN1c1cc(C(C)(C)C#N)nc(Nc2ccn[nH]2)n1. The summed E-state index contributed by atoms with van der Waals surface area (Å²) in [5.41, 5.74) is -0.0341. The van der Waals surface area contributed by atoms with Crippen molar-refractivity contribution in [3.05, 3.63) is 24.0 Å². The van der Waals surface area contributed by atoms with Crippen molar-refractivity contribution in [3.8, 4) is 6.07 Å². The van der Waals surface area contributed by atoms with E-state index in [1.165, 1.54) is 0 Å². The predicted molar refractivity (Wildman–Crippen MR) is 90.2 cm³/mol. The Labute approximate surface area is 140 Å². The second-order valence-corrected chi connectivity index (χ2v) is 6.38. The summed E-state index contributed by atoms with van der Waals surface area (Å²) < 4.78 is 5.50. The maximum absolute atomic E-state index is 9.47. The van der Waals surface area contributed by atoms with Gasteiger partial charge >= 0.3 is 0 Å². The van der Waals surface area contributed by atoms with Crippen LogP contribution in [0.3, 0.4) is 0 Å². The monoisotopic (exact) mass is 327 g/mol. The molecular weight excluding hydrogens is 306 g/mol. The lowest BCUT2D eigenvalue weighted by Gasteiger charge is -2.34. The molecule has 3 heterocycles. The summed E-state index contributed by atoms with van der Waals surface area (Å²) >= 11 is 0. The zero-order chi connectivity index (χ0) is 17.2. The highest BCUT2D eigenvalue weighted by Gasteiger charge is 2.27. The van der Waals surface area contributed by atoms with Gasteiger partial charge in [-0.3, -0.25) is 5.10 Å². The topological polar surface area (TPSA) is 103 Å². The fourth-order valence-electron chi connectivity index (χ4n) is 2.53. The van der Waals surface area contributed by atoms with Crippen molar-refractivity contribution in [1.82, 2.24) is 20.2 Å². The summed E-state index contributed by atoms with van der Waals surface area (Å²) in [6, 6.07) is 6.20. The minimum atomic E-state index is -0.711. The lowest BCUT2D eigenvalue weighted by atomic mass is 9.91. The molecule has 0 aromatic carbocycles. The van der Waals surface area contributed by atoms with Crippen LogP contribution in [0.4, 0.5) is 17.6 Å². The Morgan fingerprint density at radius 3 is 2.96 bits per heavy atom. The molecule has 0 spiro atoms. The summed E-state index contributed by atoms with van der Waals surface area (Å²) in [4.78, 5) is 11.3. The van der Waals surface area contributed by atoms with E-state index in [-0.39, 0.29) is 6.04 Å². The molecule has 1 aliphatic heterocycles. The molecule has 8 nitrogen and oxygen atoms in total. The Kier molecular flexibility index (Phi) is 4.36. The molecule has 8 heteroatoms. The van der Waals surface area contributed by atoms with Gasteiger partial charge in [0.15, 0.2) is 0 Å². The largest absolute Gasteiger partial charge is 0.377 e. The lowest BCUT2D eigenvalue weighted by molar-refractivity contribution is 0.0985. The molecule has 0 unspecified atom stereocenters. The second-order valence-electron chi connectivity index (χ2n) is 6.38. The van der Waals surface area contributed by atoms with E-state index in [1.54, 1.807) is 12.3 Å². The van der Waals surface area contributed by atoms with Gasteiger partial charge in [-0.1, -0.05) is 0 Å².